The van der Waals surface area contributed by atoms with Crippen LogP contribution < -0.4 is 15.5 Å². The number of hydrogen-bond donors (Lipinski definition) is 2. The number of anilines is 1. The van der Waals surface area contributed by atoms with Crippen molar-refractivity contribution in [3.8, 4) is 0 Å². The van der Waals surface area contributed by atoms with Crippen LogP contribution in [-0.4, -0.2) is 31.4 Å². The highest BCUT2D eigenvalue weighted by Gasteiger charge is 2.18. The number of amides is 2. The van der Waals surface area contributed by atoms with Crippen molar-refractivity contribution in [3.05, 3.63) is 29.8 Å². The topological polar surface area (TPSA) is 61.4 Å². The lowest BCUT2D eigenvalue weighted by atomic mass is 9.94. The molecule has 1 saturated carbocycles. The number of carbonyl (C=O) groups is 2. The van der Waals surface area contributed by atoms with Gasteiger partial charge in [0.05, 0.1) is 0 Å². The summed E-state index contributed by atoms with van der Waals surface area (Å²) in [5.74, 6) is -0.160. The Labute approximate surface area is 144 Å². The number of carbonyl (C=O) groups excluding carboxylic acids is 2. The Kier molecular flexibility index (Phi) is 7.09. The van der Waals surface area contributed by atoms with Gasteiger partial charge in [0, 0.05) is 45.2 Å². The van der Waals surface area contributed by atoms with Crippen molar-refractivity contribution in [3.63, 3.8) is 0 Å². The van der Waals surface area contributed by atoms with Crippen LogP contribution in [0, 0.1) is 0 Å². The van der Waals surface area contributed by atoms with E-state index in [0.29, 0.717) is 25.6 Å². The zero-order chi connectivity index (χ0) is 17.4. The van der Waals surface area contributed by atoms with Gasteiger partial charge in [-0.3, -0.25) is 9.59 Å². The normalized spacial score (nSPS) is 14.9. The predicted octanol–water partition coefficient (Wildman–Crippen LogP) is 2.60. The first-order valence-corrected chi connectivity index (χ1v) is 8.89. The molecule has 0 spiro atoms. The molecule has 0 unspecified atom stereocenters. The van der Waals surface area contributed by atoms with Crippen LogP contribution in [0.25, 0.3) is 0 Å². The molecule has 0 aliphatic heterocycles. The summed E-state index contributed by atoms with van der Waals surface area (Å²) in [6, 6.07) is 9.06. The van der Waals surface area contributed by atoms with E-state index in [1.807, 2.05) is 0 Å². The quantitative estimate of drug-likeness (QED) is 0.807. The van der Waals surface area contributed by atoms with E-state index < -0.39 is 0 Å². The third kappa shape index (κ3) is 5.87. The summed E-state index contributed by atoms with van der Waals surface area (Å²) in [6.45, 7) is 2.35. The molecule has 2 amide bonds. The third-order valence-electron chi connectivity index (χ3n) is 4.68. The Morgan fingerprint density at radius 2 is 1.75 bits per heavy atom. The average Bonchev–Trinajstić information content (AvgIpc) is 2.60. The van der Waals surface area contributed by atoms with Gasteiger partial charge in [0.25, 0.3) is 0 Å². The highest BCUT2D eigenvalue weighted by molar-refractivity contribution is 5.77. The van der Waals surface area contributed by atoms with Gasteiger partial charge in [0.2, 0.25) is 11.8 Å². The van der Waals surface area contributed by atoms with Crippen LogP contribution in [0.15, 0.2) is 24.3 Å². The van der Waals surface area contributed by atoms with Crippen molar-refractivity contribution in [1.82, 2.24) is 10.6 Å². The summed E-state index contributed by atoms with van der Waals surface area (Å²) in [7, 11) is 2.18. The molecule has 132 valence electrons. The number of nitrogens with zero attached hydrogens (tertiary/aromatic N) is 1. The van der Waals surface area contributed by atoms with E-state index in [1.165, 1.54) is 44.7 Å². The molecule has 1 fully saturated rings. The summed E-state index contributed by atoms with van der Waals surface area (Å²) in [4.78, 5) is 24.9. The minimum Gasteiger partial charge on any atom is -0.372 e. The summed E-state index contributed by atoms with van der Waals surface area (Å²) < 4.78 is 0. The van der Waals surface area contributed by atoms with Gasteiger partial charge in [-0.2, -0.15) is 0 Å². The van der Waals surface area contributed by atoms with E-state index in [2.05, 4.69) is 46.8 Å². The maximum absolute atomic E-state index is 11.7. The molecule has 0 atom stereocenters. The highest BCUT2D eigenvalue weighted by atomic mass is 16.2. The summed E-state index contributed by atoms with van der Waals surface area (Å²) in [5, 5.41) is 5.50. The first-order valence-electron chi connectivity index (χ1n) is 8.89. The molecule has 0 heterocycles. The van der Waals surface area contributed by atoms with E-state index >= 15 is 0 Å². The third-order valence-corrected chi connectivity index (χ3v) is 4.68. The lowest BCUT2D eigenvalue weighted by Crippen LogP contribution is -2.33. The maximum atomic E-state index is 11.7. The Balaban J connectivity index is 1.77. The first kappa shape index (κ1) is 18.3. The molecule has 2 N–H and O–H groups in total. The lowest BCUT2D eigenvalue weighted by molar-refractivity contribution is -0.121. The number of rotatable bonds is 7. The summed E-state index contributed by atoms with van der Waals surface area (Å²) >= 11 is 0. The van der Waals surface area contributed by atoms with Gasteiger partial charge in [0.1, 0.15) is 0 Å². The van der Waals surface area contributed by atoms with Gasteiger partial charge in [-0.25, -0.2) is 0 Å². The average molecular weight is 331 g/mol. The van der Waals surface area contributed by atoms with Crippen LogP contribution in [0.3, 0.4) is 0 Å². The van der Waals surface area contributed by atoms with Gasteiger partial charge in [-0.15, -0.1) is 0 Å². The largest absolute Gasteiger partial charge is 0.372 e. The number of nitrogens with one attached hydrogen (secondary N) is 2. The lowest BCUT2D eigenvalue weighted by Gasteiger charge is -2.33. The molecule has 5 nitrogen and oxygen atoms in total. The van der Waals surface area contributed by atoms with Crippen LogP contribution in [0.4, 0.5) is 5.69 Å². The fourth-order valence-corrected chi connectivity index (χ4v) is 3.17. The Hall–Kier alpha value is -2.04. The number of hydrogen-bond acceptors (Lipinski definition) is 3. The van der Waals surface area contributed by atoms with Crippen LogP contribution >= 0.6 is 0 Å². The first-order chi connectivity index (χ1) is 11.6. The second-order valence-corrected chi connectivity index (χ2v) is 6.58. The predicted molar refractivity (Wildman–Crippen MR) is 96.9 cm³/mol. The molecule has 2 rings (SSSR count). The van der Waals surface area contributed by atoms with Crippen molar-refractivity contribution >= 4 is 17.5 Å². The summed E-state index contributed by atoms with van der Waals surface area (Å²) in [6.07, 6.45) is 6.90. The molecular formula is C19H29N3O2. The zero-order valence-corrected chi connectivity index (χ0v) is 14.8. The molecule has 0 saturated heterocycles. The van der Waals surface area contributed by atoms with Gasteiger partial charge in [0.15, 0.2) is 0 Å². The van der Waals surface area contributed by atoms with Crippen LogP contribution in [0.2, 0.25) is 0 Å². The van der Waals surface area contributed by atoms with E-state index in [9.17, 15) is 9.59 Å². The van der Waals surface area contributed by atoms with Crippen LogP contribution in [-0.2, 0) is 16.1 Å². The molecule has 1 aromatic rings. The van der Waals surface area contributed by atoms with E-state index in [0.717, 1.165) is 5.56 Å². The fourth-order valence-electron chi connectivity index (χ4n) is 3.17. The molecule has 1 aromatic carbocycles. The van der Waals surface area contributed by atoms with Gasteiger partial charge in [-0.05, 0) is 30.5 Å². The summed E-state index contributed by atoms with van der Waals surface area (Å²) in [5.41, 5.74) is 2.33. The van der Waals surface area contributed by atoms with Crippen molar-refractivity contribution in [2.24, 2.45) is 0 Å². The maximum Gasteiger partial charge on any atom is 0.222 e. The molecule has 0 aromatic heterocycles. The van der Waals surface area contributed by atoms with Gasteiger partial charge >= 0.3 is 0 Å². The molecular weight excluding hydrogens is 302 g/mol. The molecule has 5 heteroatoms. The fraction of sp³-hybridized carbons (Fsp3) is 0.579. The van der Waals surface area contributed by atoms with E-state index in [-0.39, 0.29) is 11.8 Å². The standard InChI is InChI=1S/C19H29N3O2/c1-15(23)20-13-12-19(24)21-14-16-8-10-18(11-9-16)22(2)17-6-4-3-5-7-17/h8-11,17H,3-7,12-14H2,1-2H3,(H,20,23)(H,21,24). The van der Waals surface area contributed by atoms with Crippen molar-refractivity contribution in [2.75, 3.05) is 18.5 Å². The smallest absolute Gasteiger partial charge is 0.222 e. The number of benzene rings is 1. The molecule has 1 aliphatic carbocycles. The van der Waals surface area contributed by atoms with E-state index in [4.69, 9.17) is 0 Å². The van der Waals surface area contributed by atoms with Crippen molar-refractivity contribution < 1.29 is 9.59 Å². The second-order valence-electron chi connectivity index (χ2n) is 6.58. The van der Waals surface area contributed by atoms with Gasteiger partial charge in [-0.1, -0.05) is 31.4 Å². The monoisotopic (exact) mass is 331 g/mol. The second kappa shape index (κ2) is 9.30. The van der Waals surface area contributed by atoms with Crippen LogP contribution in [0.1, 0.15) is 51.0 Å². The Morgan fingerprint density at radius 1 is 1.08 bits per heavy atom. The minimum absolute atomic E-state index is 0.0489. The molecule has 1 aliphatic rings. The Morgan fingerprint density at radius 3 is 2.38 bits per heavy atom. The minimum atomic E-state index is -0.111. The highest BCUT2D eigenvalue weighted by Crippen LogP contribution is 2.26. The van der Waals surface area contributed by atoms with E-state index in [1.54, 1.807) is 0 Å². The van der Waals surface area contributed by atoms with Gasteiger partial charge < -0.3 is 15.5 Å². The molecule has 0 bridgehead atoms. The Bertz CT molecular complexity index is 536. The van der Waals surface area contributed by atoms with Crippen LogP contribution in [0.5, 0.6) is 0 Å². The molecule has 24 heavy (non-hydrogen) atoms. The SMILES string of the molecule is CC(=O)NCCC(=O)NCc1ccc(N(C)C2CCCCC2)cc1. The van der Waals surface area contributed by atoms with Crippen molar-refractivity contribution in [2.45, 2.75) is 58.0 Å². The zero-order valence-electron chi connectivity index (χ0n) is 14.8. The van der Waals surface area contributed by atoms with Crippen molar-refractivity contribution in [1.29, 1.82) is 0 Å². The molecule has 0 radical (unpaired) electrons.